The van der Waals surface area contributed by atoms with E-state index in [0.717, 1.165) is 12.1 Å². The number of nitrogens with zero attached hydrogens (tertiary/aromatic N) is 1. The van der Waals surface area contributed by atoms with E-state index in [9.17, 15) is 13.2 Å². The molecule has 0 spiro atoms. The Balaban J connectivity index is 3.40. The zero-order valence-electron chi connectivity index (χ0n) is 7.18. The molecule has 0 aromatic heterocycles. The fraction of sp³-hybridized carbons (Fsp3) is 0.222. The van der Waals surface area contributed by atoms with Gasteiger partial charge in [0, 0.05) is 4.90 Å². The Kier molecular flexibility index (Phi) is 2.76. The first-order chi connectivity index (χ1) is 6.36. The summed E-state index contributed by atoms with van der Waals surface area (Å²) in [6.45, 7) is 1.48. The molecule has 0 amide bonds. The van der Waals surface area contributed by atoms with Gasteiger partial charge in [-0.25, -0.2) is 0 Å². The van der Waals surface area contributed by atoms with Crippen molar-refractivity contribution in [3.05, 3.63) is 28.8 Å². The Morgan fingerprint density at radius 3 is 2.36 bits per heavy atom. The molecule has 5 heteroatoms. The number of aryl methyl sites for hydroxylation is 1. The highest BCUT2D eigenvalue weighted by Crippen LogP contribution is 2.32. The molecule has 0 saturated carbocycles. The minimum atomic E-state index is -4.42. The molecule has 0 N–H and O–H groups in total. The molecule has 0 fully saturated rings. The van der Waals surface area contributed by atoms with Crippen LogP contribution in [0.25, 0.3) is 0 Å². The van der Waals surface area contributed by atoms with Crippen LogP contribution in [-0.4, -0.2) is 0 Å². The lowest BCUT2D eigenvalue weighted by Gasteiger charge is -2.09. The fourth-order valence-electron chi connectivity index (χ4n) is 1.03. The SMILES string of the molecule is Cc1cc(C(F)(F)F)cc(C#N)c1S. The van der Waals surface area contributed by atoms with E-state index in [4.69, 9.17) is 5.26 Å². The average Bonchev–Trinajstić information content (AvgIpc) is 2.07. The molecule has 0 heterocycles. The number of hydrogen-bond donors (Lipinski definition) is 1. The lowest BCUT2D eigenvalue weighted by atomic mass is 10.1. The van der Waals surface area contributed by atoms with Crippen molar-refractivity contribution in [1.29, 1.82) is 5.26 Å². The van der Waals surface area contributed by atoms with E-state index in [2.05, 4.69) is 12.6 Å². The molecular weight excluding hydrogens is 211 g/mol. The molecule has 74 valence electrons. The molecule has 0 aliphatic heterocycles. The minimum absolute atomic E-state index is 0.0549. The second-order valence-electron chi connectivity index (χ2n) is 2.80. The van der Waals surface area contributed by atoms with Crippen molar-refractivity contribution in [2.45, 2.75) is 18.0 Å². The molecule has 1 aromatic rings. The molecule has 0 aliphatic rings. The van der Waals surface area contributed by atoms with Crippen molar-refractivity contribution in [3.8, 4) is 6.07 Å². The van der Waals surface area contributed by atoms with Gasteiger partial charge in [0.1, 0.15) is 6.07 Å². The number of halogens is 3. The topological polar surface area (TPSA) is 23.8 Å². The molecule has 0 bridgehead atoms. The van der Waals surface area contributed by atoms with E-state index < -0.39 is 11.7 Å². The summed E-state index contributed by atoms with van der Waals surface area (Å²) in [6, 6.07) is 3.45. The van der Waals surface area contributed by atoms with Crippen LogP contribution in [0.2, 0.25) is 0 Å². The summed E-state index contributed by atoms with van der Waals surface area (Å²) in [7, 11) is 0. The van der Waals surface area contributed by atoms with Gasteiger partial charge in [0.15, 0.2) is 0 Å². The number of nitriles is 1. The summed E-state index contributed by atoms with van der Waals surface area (Å²) in [4.78, 5) is 0.292. The molecule has 1 nitrogen and oxygen atoms in total. The van der Waals surface area contributed by atoms with Crippen LogP contribution < -0.4 is 0 Å². The van der Waals surface area contributed by atoms with Crippen molar-refractivity contribution in [1.82, 2.24) is 0 Å². The number of alkyl halides is 3. The van der Waals surface area contributed by atoms with Gasteiger partial charge in [0.25, 0.3) is 0 Å². The van der Waals surface area contributed by atoms with Crippen LogP contribution in [0.3, 0.4) is 0 Å². The monoisotopic (exact) mass is 217 g/mol. The van der Waals surface area contributed by atoms with Gasteiger partial charge in [-0.15, -0.1) is 12.6 Å². The number of thiol groups is 1. The maximum Gasteiger partial charge on any atom is 0.416 e. The third-order valence-corrected chi connectivity index (χ3v) is 2.34. The van der Waals surface area contributed by atoms with Gasteiger partial charge in [-0.2, -0.15) is 18.4 Å². The van der Waals surface area contributed by atoms with Crippen molar-refractivity contribution in [3.63, 3.8) is 0 Å². The van der Waals surface area contributed by atoms with Crippen LogP contribution >= 0.6 is 12.6 Å². The molecule has 1 rings (SSSR count). The van der Waals surface area contributed by atoms with Crippen LogP contribution in [0.1, 0.15) is 16.7 Å². The van der Waals surface area contributed by atoms with Crippen molar-refractivity contribution < 1.29 is 13.2 Å². The van der Waals surface area contributed by atoms with Crippen molar-refractivity contribution in [2.24, 2.45) is 0 Å². The summed E-state index contributed by atoms with van der Waals surface area (Å²) in [5.74, 6) is 0. The molecule has 0 atom stereocenters. The first-order valence-electron chi connectivity index (χ1n) is 3.67. The summed E-state index contributed by atoms with van der Waals surface area (Å²) in [5.41, 5.74) is -0.523. The van der Waals surface area contributed by atoms with E-state index in [-0.39, 0.29) is 5.56 Å². The van der Waals surface area contributed by atoms with Gasteiger partial charge in [-0.3, -0.25) is 0 Å². The molecule has 0 radical (unpaired) electrons. The lowest BCUT2D eigenvalue weighted by molar-refractivity contribution is -0.137. The van der Waals surface area contributed by atoms with E-state index in [0.29, 0.717) is 10.5 Å². The molecule has 0 saturated heterocycles. The van der Waals surface area contributed by atoms with E-state index in [1.807, 2.05) is 0 Å². The van der Waals surface area contributed by atoms with Gasteiger partial charge in [0.2, 0.25) is 0 Å². The van der Waals surface area contributed by atoms with Gasteiger partial charge in [-0.05, 0) is 24.6 Å². The highest BCUT2D eigenvalue weighted by molar-refractivity contribution is 7.80. The zero-order chi connectivity index (χ0) is 10.9. The van der Waals surface area contributed by atoms with Gasteiger partial charge in [-0.1, -0.05) is 0 Å². The first kappa shape index (κ1) is 10.9. The van der Waals surface area contributed by atoms with Crippen LogP contribution in [0.4, 0.5) is 13.2 Å². The highest BCUT2D eigenvalue weighted by atomic mass is 32.1. The van der Waals surface area contributed by atoms with Crippen molar-refractivity contribution in [2.75, 3.05) is 0 Å². The second kappa shape index (κ2) is 3.54. The van der Waals surface area contributed by atoms with Gasteiger partial charge < -0.3 is 0 Å². The lowest BCUT2D eigenvalue weighted by Crippen LogP contribution is -2.06. The van der Waals surface area contributed by atoms with Crippen LogP contribution in [0, 0.1) is 18.3 Å². The zero-order valence-corrected chi connectivity index (χ0v) is 8.08. The van der Waals surface area contributed by atoms with E-state index >= 15 is 0 Å². The maximum atomic E-state index is 12.3. The quantitative estimate of drug-likeness (QED) is 0.663. The summed E-state index contributed by atoms with van der Waals surface area (Å²) >= 11 is 3.94. The Morgan fingerprint density at radius 2 is 1.93 bits per heavy atom. The number of hydrogen-bond acceptors (Lipinski definition) is 2. The van der Waals surface area contributed by atoms with Crippen LogP contribution in [-0.2, 0) is 6.18 Å². The van der Waals surface area contributed by atoms with Crippen molar-refractivity contribution >= 4 is 12.6 Å². The number of rotatable bonds is 0. The average molecular weight is 217 g/mol. The number of benzene rings is 1. The molecular formula is C9H6F3NS. The molecule has 0 unspecified atom stereocenters. The van der Waals surface area contributed by atoms with Gasteiger partial charge in [0.05, 0.1) is 11.1 Å². The molecule has 0 aliphatic carbocycles. The van der Waals surface area contributed by atoms with Gasteiger partial charge >= 0.3 is 6.18 Å². The largest absolute Gasteiger partial charge is 0.416 e. The summed E-state index contributed by atoms with van der Waals surface area (Å²) < 4.78 is 36.8. The third-order valence-electron chi connectivity index (χ3n) is 1.75. The predicted molar refractivity (Wildman–Crippen MR) is 48.1 cm³/mol. The normalized spacial score (nSPS) is 11.1. The second-order valence-corrected chi connectivity index (χ2v) is 3.25. The molecule has 1 aromatic carbocycles. The predicted octanol–water partition coefficient (Wildman–Crippen LogP) is 3.17. The maximum absolute atomic E-state index is 12.3. The Morgan fingerprint density at radius 1 is 1.36 bits per heavy atom. The smallest absolute Gasteiger partial charge is 0.192 e. The first-order valence-corrected chi connectivity index (χ1v) is 4.12. The van der Waals surface area contributed by atoms with E-state index in [1.54, 1.807) is 6.07 Å². The Labute approximate surface area is 84.6 Å². The van der Waals surface area contributed by atoms with Crippen LogP contribution in [0.15, 0.2) is 17.0 Å². The Bertz CT molecular complexity index is 404. The highest BCUT2D eigenvalue weighted by Gasteiger charge is 2.31. The molecule has 14 heavy (non-hydrogen) atoms. The standard InChI is InChI=1S/C9H6F3NS/c1-5-2-7(9(10,11)12)3-6(4-13)8(5)14/h2-3,14H,1H3. The summed E-state index contributed by atoms with van der Waals surface area (Å²) in [6.07, 6.45) is -4.42. The summed E-state index contributed by atoms with van der Waals surface area (Å²) in [5, 5.41) is 8.57. The minimum Gasteiger partial charge on any atom is -0.192 e. The fourth-order valence-corrected chi connectivity index (χ4v) is 1.21. The third kappa shape index (κ3) is 2.02. The Hall–Kier alpha value is -1.15. The van der Waals surface area contributed by atoms with E-state index in [1.165, 1.54) is 6.92 Å². The van der Waals surface area contributed by atoms with Crippen LogP contribution in [0.5, 0.6) is 0 Å².